The van der Waals surface area contributed by atoms with Gasteiger partial charge in [0.05, 0.1) is 10.6 Å². The molecule has 19 heavy (non-hydrogen) atoms. The normalized spacial score (nSPS) is 11.0. The van der Waals surface area contributed by atoms with Gasteiger partial charge >= 0.3 is 0 Å². The number of benzene rings is 1. The van der Waals surface area contributed by atoms with Gasteiger partial charge in [-0.15, -0.1) is 0 Å². The van der Waals surface area contributed by atoms with Gasteiger partial charge in [-0.25, -0.2) is 8.42 Å². The average Bonchev–Trinajstić information content (AvgIpc) is 2.39. The monoisotopic (exact) mass is 276 g/mol. The van der Waals surface area contributed by atoms with Crippen LogP contribution in [-0.2, 0) is 10.0 Å². The van der Waals surface area contributed by atoms with Crippen molar-refractivity contribution in [2.24, 2.45) is 0 Å². The third-order valence-electron chi connectivity index (χ3n) is 2.48. The van der Waals surface area contributed by atoms with Crippen molar-refractivity contribution in [3.05, 3.63) is 54.4 Å². The van der Waals surface area contributed by atoms with Gasteiger partial charge in [0, 0.05) is 18.0 Å². The van der Waals surface area contributed by atoms with Gasteiger partial charge in [0.25, 0.3) is 10.0 Å². The van der Waals surface area contributed by atoms with Gasteiger partial charge in [0.15, 0.2) is 5.78 Å². The minimum absolute atomic E-state index is 0.0528. The molecule has 2 rings (SSSR count). The summed E-state index contributed by atoms with van der Waals surface area (Å²) in [4.78, 5) is 15.1. The van der Waals surface area contributed by atoms with Crippen LogP contribution in [0.3, 0.4) is 0 Å². The molecule has 0 saturated carbocycles. The Morgan fingerprint density at radius 2 is 1.84 bits per heavy atom. The van der Waals surface area contributed by atoms with Crippen molar-refractivity contribution in [1.82, 2.24) is 4.98 Å². The van der Waals surface area contributed by atoms with Crippen molar-refractivity contribution in [2.75, 3.05) is 4.72 Å². The first kappa shape index (κ1) is 13.2. The Labute approximate surface area is 111 Å². The molecule has 1 N–H and O–H groups in total. The quantitative estimate of drug-likeness (QED) is 0.867. The molecule has 5 nitrogen and oxygen atoms in total. The number of rotatable bonds is 4. The Morgan fingerprint density at radius 1 is 1.16 bits per heavy atom. The summed E-state index contributed by atoms with van der Waals surface area (Å²) in [5.74, 6) is -0.180. The molecule has 0 aliphatic carbocycles. The third-order valence-corrected chi connectivity index (χ3v) is 3.86. The smallest absolute Gasteiger partial charge is 0.261 e. The lowest BCUT2D eigenvalue weighted by Gasteiger charge is -2.08. The zero-order valence-corrected chi connectivity index (χ0v) is 11.0. The number of ketones is 1. The first-order chi connectivity index (χ1) is 8.99. The Morgan fingerprint density at radius 3 is 2.47 bits per heavy atom. The topological polar surface area (TPSA) is 76.1 Å². The highest BCUT2D eigenvalue weighted by Crippen LogP contribution is 2.16. The van der Waals surface area contributed by atoms with Crippen LogP contribution in [0.1, 0.15) is 17.3 Å². The number of nitrogens with zero attached hydrogens (tertiary/aromatic N) is 1. The van der Waals surface area contributed by atoms with Crippen LogP contribution >= 0.6 is 0 Å². The van der Waals surface area contributed by atoms with Crippen LogP contribution in [0.25, 0.3) is 0 Å². The van der Waals surface area contributed by atoms with Crippen LogP contribution < -0.4 is 4.72 Å². The molecule has 1 aromatic heterocycles. The van der Waals surface area contributed by atoms with Gasteiger partial charge in [0.1, 0.15) is 0 Å². The summed E-state index contributed by atoms with van der Waals surface area (Å²) < 4.78 is 26.7. The molecule has 1 aromatic carbocycles. The maximum absolute atomic E-state index is 12.1. The van der Waals surface area contributed by atoms with Gasteiger partial charge in [-0.3, -0.25) is 14.5 Å². The van der Waals surface area contributed by atoms with Crippen molar-refractivity contribution >= 4 is 21.5 Å². The number of pyridine rings is 1. The second-order valence-corrected chi connectivity index (χ2v) is 5.61. The number of Topliss-reactive ketones (excluding diaryl/α,β-unsaturated/α-hetero) is 1. The van der Waals surface area contributed by atoms with E-state index in [2.05, 4.69) is 9.71 Å². The number of aromatic nitrogens is 1. The highest BCUT2D eigenvalue weighted by Gasteiger charge is 2.15. The molecule has 0 bridgehead atoms. The summed E-state index contributed by atoms with van der Waals surface area (Å²) >= 11 is 0. The lowest BCUT2D eigenvalue weighted by molar-refractivity contribution is 0.101. The maximum Gasteiger partial charge on any atom is 0.261 e. The second kappa shape index (κ2) is 5.19. The molecule has 0 amide bonds. The van der Waals surface area contributed by atoms with E-state index in [1.54, 1.807) is 18.2 Å². The summed E-state index contributed by atoms with van der Waals surface area (Å²) in [5, 5.41) is 0. The fraction of sp³-hybridized carbons (Fsp3) is 0.0769. The van der Waals surface area contributed by atoms with Gasteiger partial charge in [-0.1, -0.05) is 12.1 Å². The van der Waals surface area contributed by atoms with Crippen molar-refractivity contribution in [3.63, 3.8) is 0 Å². The number of hydrogen-bond donors (Lipinski definition) is 1. The third kappa shape index (κ3) is 3.17. The molecule has 0 aliphatic heterocycles. The number of anilines is 1. The van der Waals surface area contributed by atoms with Crippen LogP contribution in [-0.4, -0.2) is 19.2 Å². The zero-order valence-electron chi connectivity index (χ0n) is 10.2. The fourth-order valence-corrected chi connectivity index (χ4v) is 2.62. The van der Waals surface area contributed by atoms with Gasteiger partial charge < -0.3 is 0 Å². The van der Waals surface area contributed by atoms with Crippen molar-refractivity contribution in [2.45, 2.75) is 11.8 Å². The molecule has 0 aliphatic rings. The molecule has 1 heterocycles. The van der Waals surface area contributed by atoms with Crippen LogP contribution in [0.2, 0.25) is 0 Å². The van der Waals surface area contributed by atoms with Crippen LogP contribution in [0.5, 0.6) is 0 Å². The Kier molecular flexibility index (Phi) is 3.62. The first-order valence-electron chi connectivity index (χ1n) is 5.53. The summed E-state index contributed by atoms with van der Waals surface area (Å²) in [6, 6.07) is 9.01. The summed E-state index contributed by atoms with van der Waals surface area (Å²) in [6.07, 6.45) is 2.98. The molecule has 98 valence electrons. The number of nitrogens with one attached hydrogen (secondary N) is 1. The largest absolute Gasteiger partial charge is 0.295 e. The van der Waals surface area contributed by atoms with Crippen LogP contribution in [0.15, 0.2) is 53.7 Å². The van der Waals surface area contributed by atoms with E-state index >= 15 is 0 Å². The van der Waals surface area contributed by atoms with Crippen molar-refractivity contribution in [3.8, 4) is 0 Å². The molecule has 0 spiro atoms. The predicted molar refractivity (Wildman–Crippen MR) is 71.5 cm³/mol. The maximum atomic E-state index is 12.1. The van der Waals surface area contributed by atoms with E-state index in [9.17, 15) is 13.2 Å². The minimum atomic E-state index is -3.70. The van der Waals surface area contributed by atoms with E-state index in [1.165, 1.54) is 37.5 Å². The Balaban J connectivity index is 2.35. The molecule has 0 atom stereocenters. The highest BCUT2D eigenvalue weighted by molar-refractivity contribution is 7.92. The number of carbonyl (C=O) groups is 1. The first-order valence-corrected chi connectivity index (χ1v) is 7.01. The summed E-state index contributed by atoms with van der Waals surface area (Å²) in [6.45, 7) is 1.39. The van der Waals surface area contributed by atoms with Crippen molar-refractivity contribution < 1.29 is 13.2 Å². The molecule has 0 radical (unpaired) electrons. The molecule has 2 aromatic rings. The van der Waals surface area contributed by atoms with E-state index in [-0.39, 0.29) is 10.7 Å². The lowest BCUT2D eigenvalue weighted by atomic mass is 10.2. The highest BCUT2D eigenvalue weighted by atomic mass is 32.2. The zero-order chi connectivity index (χ0) is 13.9. The van der Waals surface area contributed by atoms with Crippen LogP contribution in [0, 0.1) is 0 Å². The summed E-state index contributed by atoms with van der Waals surface area (Å²) in [5.41, 5.74) is 0.779. The van der Waals surface area contributed by atoms with Crippen LogP contribution in [0.4, 0.5) is 5.69 Å². The predicted octanol–water partition coefficient (Wildman–Crippen LogP) is 2.08. The van der Waals surface area contributed by atoms with E-state index in [4.69, 9.17) is 0 Å². The van der Waals surface area contributed by atoms with E-state index in [0.29, 0.717) is 11.3 Å². The molecule has 0 unspecified atom stereocenters. The number of hydrogen-bond acceptors (Lipinski definition) is 4. The fourth-order valence-electron chi connectivity index (χ4n) is 1.52. The van der Waals surface area contributed by atoms with E-state index in [0.717, 1.165) is 0 Å². The molecular formula is C13H12N2O3S. The van der Waals surface area contributed by atoms with Crippen molar-refractivity contribution in [1.29, 1.82) is 0 Å². The van der Waals surface area contributed by atoms with E-state index < -0.39 is 10.0 Å². The lowest BCUT2D eigenvalue weighted by Crippen LogP contribution is -2.13. The Hall–Kier alpha value is -2.21. The minimum Gasteiger partial charge on any atom is -0.295 e. The standard InChI is InChI=1S/C13H12N2O3S/c1-10(16)11-3-2-4-13(9-11)19(17,18)15-12-5-7-14-8-6-12/h2-9H,1H3,(H,14,15). The second-order valence-electron chi connectivity index (χ2n) is 3.93. The Bertz CT molecular complexity index is 697. The SMILES string of the molecule is CC(=O)c1cccc(S(=O)(=O)Nc2ccncc2)c1. The van der Waals surface area contributed by atoms with Gasteiger partial charge in [-0.05, 0) is 31.2 Å². The average molecular weight is 276 g/mol. The molecule has 0 fully saturated rings. The van der Waals surface area contributed by atoms with Gasteiger partial charge in [0.2, 0.25) is 0 Å². The summed E-state index contributed by atoms with van der Waals surface area (Å²) in [7, 11) is -3.70. The van der Waals surface area contributed by atoms with Gasteiger partial charge in [-0.2, -0.15) is 0 Å². The number of carbonyl (C=O) groups excluding carboxylic acids is 1. The molecular weight excluding hydrogens is 264 g/mol. The molecule has 0 saturated heterocycles. The molecule has 6 heteroatoms. The number of sulfonamides is 1. The van der Waals surface area contributed by atoms with E-state index in [1.807, 2.05) is 0 Å².